The molecule has 72 valence electrons. The molecule has 0 aromatic carbocycles. The second kappa shape index (κ2) is 4.33. The molecule has 0 aromatic heterocycles. The second-order valence-electron chi connectivity index (χ2n) is 2.37. The van der Waals surface area contributed by atoms with E-state index in [0.29, 0.717) is 5.57 Å². The van der Waals surface area contributed by atoms with Crippen molar-refractivity contribution in [3.8, 4) is 0 Å². The van der Waals surface area contributed by atoms with E-state index in [1.165, 1.54) is 0 Å². The molecule has 0 aliphatic heterocycles. The third-order valence-electron chi connectivity index (χ3n) is 1.07. The van der Waals surface area contributed by atoms with E-state index in [4.69, 9.17) is 69.6 Å². The molecule has 0 spiro atoms. The van der Waals surface area contributed by atoms with Gasteiger partial charge in [-0.05, 0) is 13.8 Å². The monoisotopic (exact) mass is 288 g/mol. The second-order valence-corrected chi connectivity index (χ2v) is 6.93. The first kappa shape index (κ1) is 13.5. The van der Waals surface area contributed by atoms with Gasteiger partial charge in [-0.3, -0.25) is 0 Å². The molecule has 0 fully saturated rings. The molecule has 0 saturated carbocycles. The topological polar surface area (TPSA) is 0 Å². The van der Waals surface area contributed by atoms with E-state index >= 15 is 0 Å². The van der Waals surface area contributed by atoms with Crippen LogP contribution < -0.4 is 0 Å². The van der Waals surface area contributed by atoms with Gasteiger partial charge in [0.05, 0.1) is 0 Å². The molecule has 0 rings (SSSR count). The first-order valence-electron chi connectivity index (χ1n) is 2.88. The summed E-state index contributed by atoms with van der Waals surface area (Å²) in [5.74, 6) is 0. The van der Waals surface area contributed by atoms with Crippen LogP contribution in [0.15, 0.2) is 11.1 Å². The number of alkyl halides is 6. The maximum atomic E-state index is 5.60. The first-order chi connectivity index (χ1) is 5.07. The molecule has 0 bridgehead atoms. The first-order valence-corrected chi connectivity index (χ1v) is 5.15. The van der Waals surface area contributed by atoms with Gasteiger partial charge in [0.15, 0.2) is 0 Å². The molecule has 0 nitrogen and oxygen atoms in total. The Morgan fingerprint density at radius 3 is 1.00 bits per heavy atom. The maximum absolute atomic E-state index is 5.60. The molecule has 0 radical (unpaired) electrons. The van der Waals surface area contributed by atoms with Crippen molar-refractivity contribution in [1.29, 1.82) is 0 Å². The normalized spacial score (nSPS) is 13.0. The van der Waals surface area contributed by atoms with E-state index < -0.39 is 7.59 Å². The Bertz CT molecular complexity index is 173. The maximum Gasteiger partial charge on any atom is 0.216 e. The zero-order chi connectivity index (χ0) is 10.2. The lowest BCUT2D eigenvalue weighted by atomic mass is 10.2. The van der Waals surface area contributed by atoms with Gasteiger partial charge in [0.25, 0.3) is 0 Å². The van der Waals surface area contributed by atoms with Gasteiger partial charge in [-0.2, -0.15) is 0 Å². The van der Waals surface area contributed by atoms with Crippen molar-refractivity contribution in [3.63, 3.8) is 0 Å². The Balaban J connectivity index is 5.13. The highest BCUT2D eigenvalue weighted by molar-refractivity contribution is 6.75. The lowest BCUT2D eigenvalue weighted by Gasteiger charge is -2.24. The smallest absolute Gasteiger partial charge is 0.0786 e. The van der Waals surface area contributed by atoms with Crippen LogP contribution in [0.4, 0.5) is 0 Å². The Labute approximate surface area is 102 Å². The zero-order valence-electron chi connectivity index (χ0n) is 6.27. The van der Waals surface area contributed by atoms with Gasteiger partial charge >= 0.3 is 0 Å². The number of rotatable bonds is 0. The van der Waals surface area contributed by atoms with Crippen LogP contribution in [0.3, 0.4) is 0 Å². The van der Waals surface area contributed by atoms with Crippen LogP contribution in [-0.2, 0) is 0 Å². The van der Waals surface area contributed by atoms with Crippen molar-refractivity contribution in [2.24, 2.45) is 0 Å². The molecule has 0 aromatic rings. The van der Waals surface area contributed by atoms with Crippen molar-refractivity contribution < 1.29 is 0 Å². The Morgan fingerprint density at radius 2 is 1.00 bits per heavy atom. The average molecular weight is 291 g/mol. The lowest BCUT2D eigenvalue weighted by Crippen LogP contribution is -2.21. The van der Waals surface area contributed by atoms with Crippen LogP contribution in [0, 0.1) is 0 Å². The summed E-state index contributed by atoms with van der Waals surface area (Å²) in [4.78, 5) is 0. The fraction of sp³-hybridized carbons (Fsp3) is 0.667. The summed E-state index contributed by atoms with van der Waals surface area (Å²) in [7, 11) is 0. The summed E-state index contributed by atoms with van der Waals surface area (Å²) in [6.07, 6.45) is 0. The molecule has 0 atom stereocenters. The van der Waals surface area contributed by atoms with Gasteiger partial charge in [0, 0.05) is 5.57 Å². The highest BCUT2D eigenvalue weighted by Crippen LogP contribution is 2.49. The minimum absolute atomic E-state index is 0.171. The quantitative estimate of drug-likeness (QED) is 0.432. The van der Waals surface area contributed by atoms with Crippen LogP contribution in [0.1, 0.15) is 13.8 Å². The summed E-state index contributed by atoms with van der Waals surface area (Å²) < 4.78 is -3.35. The minimum atomic E-state index is -1.68. The summed E-state index contributed by atoms with van der Waals surface area (Å²) in [6.45, 7) is 3.41. The third-order valence-corrected chi connectivity index (χ3v) is 2.20. The number of hydrogen-bond acceptors (Lipinski definition) is 0. The Hall–Kier alpha value is 1.48. The number of hydrogen-bond donors (Lipinski definition) is 0. The van der Waals surface area contributed by atoms with Crippen molar-refractivity contribution in [2.75, 3.05) is 0 Å². The highest BCUT2D eigenvalue weighted by Gasteiger charge is 2.40. The van der Waals surface area contributed by atoms with Crippen LogP contribution in [-0.4, -0.2) is 7.59 Å². The molecule has 0 amide bonds. The van der Waals surface area contributed by atoms with Crippen LogP contribution in [0.25, 0.3) is 0 Å². The lowest BCUT2D eigenvalue weighted by molar-refractivity contribution is 1.08. The van der Waals surface area contributed by atoms with Gasteiger partial charge in [0.2, 0.25) is 7.59 Å². The highest BCUT2D eigenvalue weighted by atomic mass is 35.6. The SMILES string of the molecule is CC(C)=C(C(Cl)(Cl)Cl)C(Cl)(Cl)Cl. The molecule has 6 heteroatoms. The minimum Gasteiger partial charge on any atom is -0.0786 e. The van der Waals surface area contributed by atoms with Gasteiger partial charge in [-0.25, -0.2) is 0 Å². The predicted molar refractivity (Wildman–Crippen MR) is 59.0 cm³/mol. The molecule has 0 unspecified atom stereocenters. The standard InChI is InChI=1S/C6H6Cl6/c1-3(2)4(5(7,8)9)6(10,11)12/h1-2H3. The van der Waals surface area contributed by atoms with Gasteiger partial charge in [-0.1, -0.05) is 75.2 Å². The largest absolute Gasteiger partial charge is 0.216 e. The fourth-order valence-electron chi connectivity index (χ4n) is 0.728. The molecule has 0 aliphatic rings. The van der Waals surface area contributed by atoms with Gasteiger partial charge < -0.3 is 0 Å². The Kier molecular flexibility index (Phi) is 4.87. The summed E-state index contributed by atoms with van der Waals surface area (Å²) in [5.41, 5.74) is 0.847. The molecule has 0 saturated heterocycles. The van der Waals surface area contributed by atoms with Crippen molar-refractivity contribution in [2.45, 2.75) is 21.4 Å². The summed E-state index contributed by atoms with van der Waals surface area (Å²) in [6, 6.07) is 0. The molecule has 0 aliphatic carbocycles. The van der Waals surface area contributed by atoms with Crippen molar-refractivity contribution in [3.05, 3.63) is 11.1 Å². The number of allylic oxidation sites excluding steroid dienone is 2. The van der Waals surface area contributed by atoms with Crippen LogP contribution in [0.2, 0.25) is 0 Å². The van der Waals surface area contributed by atoms with Gasteiger partial charge in [-0.15, -0.1) is 0 Å². The van der Waals surface area contributed by atoms with E-state index in [9.17, 15) is 0 Å². The third kappa shape index (κ3) is 4.13. The van der Waals surface area contributed by atoms with E-state index in [-0.39, 0.29) is 5.57 Å². The van der Waals surface area contributed by atoms with Crippen LogP contribution in [0.5, 0.6) is 0 Å². The molecule has 0 heterocycles. The molecular formula is C6H6Cl6. The number of halogens is 6. The molecule has 0 N–H and O–H groups in total. The fourth-order valence-corrected chi connectivity index (χ4v) is 3.15. The Morgan fingerprint density at radius 1 is 0.750 bits per heavy atom. The predicted octanol–water partition coefficient (Wildman–Crippen LogP) is 5.06. The van der Waals surface area contributed by atoms with E-state index in [2.05, 4.69) is 0 Å². The van der Waals surface area contributed by atoms with E-state index in [1.807, 2.05) is 0 Å². The molecule has 12 heavy (non-hydrogen) atoms. The van der Waals surface area contributed by atoms with Crippen molar-refractivity contribution in [1.82, 2.24) is 0 Å². The summed E-state index contributed by atoms with van der Waals surface area (Å²) >= 11 is 33.6. The van der Waals surface area contributed by atoms with Crippen molar-refractivity contribution >= 4 is 69.6 Å². The summed E-state index contributed by atoms with van der Waals surface area (Å²) in [5, 5.41) is 0. The van der Waals surface area contributed by atoms with Crippen LogP contribution >= 0.6 is 69.6 Å². The van der Waals surface area contributed by atoms with Gasteiger partial charge in [0.1, 0.15) is 0 Å². The zero-order valence-corrected chi connectivity index (χ0v) is 10.8. The van der Waals surface area contributed by atoms with E-state index in [1.54, 1.807) is 13.8 Å². The molecular weight excluding hydrogens is 285 g/mol. The van der Waals surface area contributed by atoms with E-state index in [0.717, 1.165) is 0 Å². The average Bonchev–Trinajstić information content (AvgIpc) is 1.49.